The van der Waals surface area contributed by atoms with Gasteiger partial charge in [0.15, 0.2) is 0 Å². The average Bonchev–Trinajstić information content (AvgIpc) is 2.62. The minimum Gasteiger partial charge on any atom is -0.353 e. The van der Waals surface area contributed by atoms with Gasteiger partial charge in [-0.25, -0.2) is 4.98 Å². The highest BCUT2D eigenvalue weighted by atomic mass is 15.2. The summed E-state index contributed by atoms with van der Waals surface area (Å²) in [7, 11) is 0. The van der Waals surface area contributed by atoms with Crippen LogP contribution in [0.1, 0.15) is 52.7 Å². The first-order valence-electron chi connectivity index (χ1n) is 7.76. The number of hydrogen-bond donors (Lipinski definition) is 1. The molecule has 108 valence electrons. The zero-order valence-electron chi connectivity index (χ0n) is 13.1. The van der Waals surface area contributed by atoms with Gasteiger partial charge in [0.1, 0.15) is 0 Å². The normalized spacial score (nSPS) is 27.8. The quantitative estimate of drug-likeness (QED) is 0.887. The molecule has 1 fully saturated rings. The largest absolute Gasteiger partial charge is 0.353 e. The molecule has 3 nitrogen and oxygen atoms in total. The van der Waals surface area contributed by atoms with Gasteiger partial charge >= 0.3 is 0 Å². The van der Waals surface area contributed by atoms with Gasteiger partial charge in [-0.2, -0.15) is 0 Å². The zero-order chi connectivity index (χ0) is 14.0. The summed E-state index contributed by atoms with van der Waals surface area (Å²) in [5.41, 5.74) is 1.11. The second kappa shape index (κ2) is 5.98. The minimum atomic E-state index is 0.587. The van der Waals surface area contributed by atoms with E-state index in [1.54, 1.807) is 0 Å². The second-order valence-electron chi connectivity index (χ2n) is 6.90. The molecule has 1 N–H and O–H groups in total. The number of aromatic nitrogens is 2. The standard InChI is InChI=1S/C16H29N3/c1-11(2)9-19-10-14(5)17-16(19)18-15-7-6-12(3)8-13(15)4/h10-13,15H,6-9H2,1-5H3,(H,17,18). The molecule has 3 atom stereocenters. The van der Waals surface area contributed by atoms with Crippen LogP contribution in [0, 0.1) is 24.7 Å². The van der Waals surface area contributed by atoms with Crippen LogP contribution in [0.5, 0.6) is 0 Å². The van der Waals surface area contributed by atoms with Gasteiger partial charge < -0.3 is 9.88 Å². The van der Waals surface area contributed by atoms with Gasteiger partial charge in [0.2, 0.25) is 5.95 Å². The summed E-state index contributed by atoms with van der Waals surface area (Å²) in [4.78, 5) is 4.66. The predicted octanol–water partition coefficient (Wildman–Crippen LogP) is 4.08. The summed E-state index contributed by atoms with van der Waals surface area (Å²) < 4.78 is 2.28. The molecule has 1 aromatic rings. The molecule has 19 heavy (non-hydrogen) atoms. The van der Waals surface area contributed by atoms with E-state index in [1.807, 2.05) is 0 Å². The second-order valence-corrected chi connectivity index (χ2v) is 6.90. The molecule has 0 saturated heterocycles. The summed E-state index contributed by atoms with van der Waals surface area (Å²) in [6.07, 6.45) is 6.11. The summed E-state index contributed by atoms with van der Waals surface area (Å²) >= 11 is 0. The number of anilines is 1. The van der Waals surface area contributed by atoms with Crippen molar-refractivity contribution in [2.45, 2.75) is 66.5 Å². The van der Waals surface area contributed by atoms with E-state index in [-0.39, 0.29) is 0 Å². The Morgan fingerprint density at radius 1 is 1.37 bits per heavy atom. The fraction of sp³-hybridized carbons (Fsp3) is 0.812. The zero-order valence-corrected chi connectivity index (χ0v) is 13.1. The third kappa shape index (κ3) is 3.74. The van der Waals surface area contributed by atoms with Gasteiger partial charge in [-0.3, -0.25) is 0 Å². The Morgan fingerprint density at radius 2 is 2.11 bits per heavy atom. The van der Waals surface area contributed by atoms with Gasteiger partial charge in [0.25, 0.3) is 0 Å². The summed E-state index contributed by atoms with van der Waals surface area (Å²) in [6, 6.07) is 0.587. The van der Waals surface area contributed by atoms with Crippen molar-refractivity contribution in [2.75, 3.05) is 5.32 Å². The summed E-state index contributed by atoms with van der Waals surface area (Å²) in [5, 5.41) is 3.70. The molecule has 0 amide bonds. The van der Waals surface area contributed by atoms with Crippen LogP contribution < -0.4 is 5.32 Å². The number of rotatable bonds is 4. The third-order valence-corrected chi connectivity index (χ3v) is 4.20. The predicted molar refractivity (Wildman–Crippen MR) is 81.4 cm³/mol. The Morgan fingerprint density at radius 3 is 2.74 bits per heavy atom. The SMILES string of the molecule is Cc1cn(CC(C)C)c(NC2CCC(C)CC2C)n1. The minimum absolute atomic E-state index is 0.587. The van der Waals surface area contributed by atoms with E-state index in [4.69, 9.17) is 0 Å². The van der Waals surface area contributed by atoms with Crippen LogP contribution in [-0.2, 0) is 6.54 Å². The maximum absolute atomic E-state index is 4.66. The molecule has 0 bridgehead atoms. The number of aryl methyl sites for hydroxylation is 1. The first kappa shape index (κ1) is 14.4. The van der Waals surface area contributed by atoms with E-state index >= 15 is 0 Å². The van der Waals surface area contributed by atoms with Gasteiger partial charge in [-0.05, 0) is 43.9 Å². The number of nitrogens with one attached hydrogen (secondary N) is 1. The highest BCUT2D eigenvalue weighted by molar-refractivity contribution is 5.30. The van der Waals surface area contributed by atoms with Crippen LogP contribution >= 0.6 is 0 Å². The Hall–Kier alpha value is -0.990. The topological polar surface area (TPSA) is 29.9 Å². The molecule has 0 radical (unpaired) electrons. The van der Waals surface area contributed by atoms with Crippen LogP contribution in [0.4, 0.5) is 5.95 Å². The molecule has 1 aromatic heterocycles. The van der Waals surface area contributed by atoms with Crippen molar-refractivity contribution in [3.05, 3.63) is 11.9 Å². The maximum Gasteiger partial charge on any atom is 0.203 e. The highest BCUT2D eigenvalue weighted by Crippen LogP contribution is 2.30. The fourth-order valence-corrected chi connectivity index (χ4v) is 3.24. The van der Waals surface area contributed by atoms with Crippen LogP contribution in [0.25, 0.3) is 0 Å². The average molecular weight is 263 g/mol. The number of imidazole rings is 1. The van der Waals surface area contributed by atoms with Crippen molar-refractivity contribution in [1.82, 2.24) is 9.55 Å². The van der Waals surface area contributed by atoms with Crippen LogP contribution in [0.3, 0.4) is 0 Å². The van der Waals surface area contributed by atoms with Crippen molar-refractivity contribution in [2.24, 2.45) is 17.8 Å². The van der Waals surface area contributed by atoms with E-state index in [0.29, 0.717) is 12.0 Å². The Bertz CT molecular complexity index is 408. The molecule has 1 saturated carbocycles. The Balaban J connectivity index is 2.06. The highest BCUT2D eigenvalue weighted by Gasteiger charge is 2.26. The van der Waals surface area contributed by atoms with Crippen molar-refractivity contribution in [1.29, 1.82) is 0 Å². The van der Waals surface area contributed by atoms with Crippen LogP contribution in [0.15, 0.2) is 6.20 Å². The van der Waals surface area contributed by atoms with Crippen LogP contribution in [-0.4, -0.2) is 15.6 Å². The monoisotopic (exact) mass is 263 g/mol. The number of hydrogen-bond acceptors (Lipinski definition) is 2. The van der Waals surface area contributed by atoms with Crippen molar-refractivity contribution < 1.29 is 0 Å². The lowest BCUT2D eigenvalue weighted by atomic mass is 9.80. The van der Waals surface area contributed by atoms with E-state index in [2.05, 4.69) is 55.7 Å². The molecular weight excluding hydrogens is 234 g/mol. The molecule has 1 aliphatic rings. The first-order chi connectivity index (χ1) is 8.95. The Kier molecular flexibility index (Phi) is 4.54. The third-order valence-electron chi connectivity index (χ3n) is 4.20. The van der Waals surface area contributed by atoms with Gasteiger partial charge in [0, 0.05) is 18.8 Å². The number of nitrogens with zero attached hydrogens (tertiary/aromatic N) is 2. The van der Waals surface area contributed by atoms with Gasteiger partial charge in [-0.15, -0.1) is 0 Å². The molecule has 3 unspecified atom stereocenters. The van der Waals surface area contributed by atoms with E-state index in [0.717, 1.165) is 30.0 Å². The van der Waals surface area contributed by atoms with E-state index in [9.17, 15) is 0 Å². The van der Waals surface area contributed by atoms with Crippen molar-refractivity contribution in [3.63, 3.8) is 0 Å². The molecule has 0 aliphatic heterocycles. The van der Waals surface area contributed by atoms with Crippen LogP contribution in [0.2, 0.25) is 0 Å². The van der Waals surface area contributed by atoms with Gasteiger partial charge in [-0.1, -0.05) is 27.7 Å². The Labute approximate surface area is 117 Å². The fourth-order valence-electron chi connectivity index (χ4n) is 3.24. The molecule has 2 rings (SSSR count). The smallest absolute Gasteiger partial charge is 0.203 e. The lowest BCUT2D eigenvalue weighted by Gasteiger charge is -2.33. The molecule has 3 heteroatoms. The molecular formula is C16H29N3. The summed E-state index contributed by atoms with van der Waals surface area (Å²) in [6.45, 7) is 12.4. The molecule has 0 aromatic carbocycles. The van der Waals surface area contributed by atoms with Crippen molar-refractivity contribution in [3.8, 4) is 0 Å². The lowest BCUT2D eigenvalue weighted by Crippen LogP contribution is -2.34. The van der Waals surface area contributed by atoms with Crippen molar-refractivity contribution >= 4 is 5.95 Å². The van der Waals surface area contributed by atoms with E-state index in [1.165, 1.54) is 19.3 Å². The molecule has 0 spiro atoms. The maximum atomic E-state index is 4.66. The van der Waals surface area contributed by atoms with Gasteiger partial charge in [0.05, 0.1) is 5.69 Å². The molecule has 1 heterocycles. The van der Waals surface area contributed by atoms with E-state index < -0.39 is 0 Å². The molecule has 1 aliphatic carbocycles. The summed E-state index contributed by atoms with van der Waals surface area (Å²) in [5.74, 6) is 3.34. The lowest BCUT2D eigenvalue weighted by molar-refractivity contribution is 0.275. The first-order valence-corrected chi connectivity index (χ1v) is 7.76.